The van der Waals surface area contributed by atoms with E-state index >= 15 is 0 Å². The van der Waals surface area contributed by atoms with Gasteiger partial charge in [-0.3, -0.25) is 4.79 Å². The molecule has 1 aliphatic carbocycles. The van der Waals surface area contributed by atoms with Gasteiger partial charge in [0.25, 0.3) is 15.9 Å². The van der Waals surface area contributed by atoms with Crippen molar-refractivity contribution in [2.24, 2.45) is 5.41 Å². The normalized spacial score (nSPS) is 20.9. The molecule has 4 bridgehead atoms. The van der Waals surface area contributed by atoms with Gasteiger partial charge in [-0.25, -0.2) is 22.9 Å². The summed E-state index contributed by atoms with van der Waals surface area (Å²) >= 11 is 0. The molecule has 3 aromatic rings. The Morgan fingerprint density at radius 2 is 1.72 bits per heavy atom. The summed E-state index contributed by atoms with van der Waals surface area (Å²) in [5.74, 6) is -0.153. The SMILES string of the molecule is Cc1cccc(C)c1-c1cc2nc(n1)NS(=O)(=O)c1cccc(c1)C(=O)N(C1CC3(CCN(C(=O)OC(C)C)CC3)C1)C[C@@H](C)O2. The van der Waals surface area contributed by atoms with E-state index in [1.807, 2.05) is 57.7 Å². The van der Waals surface area contributed by atoms with E-state index in [1.165, 1.54) is 12.1 Å². The number of ether oxygens (including phenoxy) is 2. The Hall–Kier alpha value is -4.19. The van der Waals surface area contributed by atoms with Crippen molar-refractivity contribution in [1.29, 1.82) is 0 Å². The van der Waals surface area contributed by atoms with Crippen LogP contribution in [0.3, 0.4) is 0 Å². The molecule has 1 atom stereocenters. The molecule has 1 aromatic heterocycles. The number of hydrogen-bond acceptors (Lipinski definition) is 8. The first-order valence-electron chi connectivity index (χ1n) is 15.8. The minimum absolute atomic E-state index is 0.0434. The summed E-state index contributed by atoms with van der Waals surface area (Å²) in [6, 6.07) is 13.6. The number of likely N-dealkylation sites (tertiary alicyclic amines) is 1. The number of benzene rings is 2. The minimum Gasteiger partial charge on any atom is -0.473 e. The number of carbonyl (C=O) groups excluding carboxylic acids is 2. The first-order valence-corrected chi connectivity index (χ1v) is 17.3. The van der Waals surface area contributed by atoms with Crippen molar-refractivity contribution in [3.05, 3.63) is 65.2 Å². The number of aryl methyl sites for hydroxylation is 2. The van der Waals surface area contributed by atoms with E-state index < -0.39 is 16.1 Å². The Bertz CT molecular complexity index is 1740. The number of anilines is 1. The van der Waals surface area contributed by atoms with Gasteiger partial charge in [0, 0.05) is 36.3 Å². The number of nitrogens with zero attached hydrogens (tertiary/aromatic N) is 4. The van der Waals surface area contributed by atoms with Crippen LogP contribution in [0.2, 0.25) is 0 Å². The molecular weight excluding hydrogens is 606 g/mol. The van der Waals surface area contributed by atoms with Crippen LogP contribution in [-0.4, -0.2) is 78.1 Å². The molecule has 11 nitrogen and oxygen atoms in total. The molecule has 46 heavy (non-hydrogen) atoms. The topological polar surface area (TPSA) is 131 Å². The molecule has 3 aliphatic rings. The molecule has 2 aromatic carbocycles. The number of piperidine rings is 1. The van der Waals surface area contributed by atoms with Gasteiger partial charge in [-0.2, -0.15) is 4.98 Å². The van der Waals surface area contributed by atoms with Gasteiger partial charge in [-0.15, -0.1) is 0 Å². The maximum atomic E-state index is 14.1. The summed E-state index contributed by atoms with van der Waals surface area (Å²) in [6.07, 6.45) is 2.38. The van der Waals surface area contributed by atoms with Crippen LogP contribution in [0.5, 0.6) is 5.88 Å². The lowest BCUT2D eigenvalue weighted by Crippen LogP contribution is -2.58. The monoisotopic (exact) mass is 647 g/mol. The van der Waals surface area contributed by atoms with Gasteiger partial charge in [-0.05, 0) is 95.0 Å². The highest BCUT2D eigenvalue weighted by molar-refractivity contribution is 7.92. The summed E-state index contributed by atoms with van der Waals surface area (Å²) in [6.45, 7) is 11.0. The summed E-state index contributed by atoms with van der Waals surface area (Å²) in [4.78, 5) is 39.0. The Balaban J connectivity index is 1.30. The van der Waals surface area contributed by atoms with Gasteiger partial charge < -0.3 is 19.3 Å². The van der Waals surface area contributed by atoms with Crippen molar-refractivity contribution in [3.8, 4) is 17.1 Å². The molecule has 2 fully saturated rings. The number of carbonyl (C=O) groups is 2. The molecule has 244 valence electrons. The van der Waals surface area contributed by atoms with Crippen LogP contribution in [0.25, 0.3) is 11.3 Å². The lowest BCUT2D eigenvalue weighted by molar-refractivity contribution is -0.0413. The number of aromatic nitrogens is 2. The fourth-order valence-corrected chi connectivity index (χ4v) is 7.93. The van der Waals surface area contributed by atoms with Crippen molar-refractivity contribution in [1.82, 2.24) is 19.8 Å². The molecule has 1 saturated carbocycles. The smallest absolute Gasteiger partial charge is 0.410 e. The highest BCUT2D eigenvalue weighted by atomic mass is 32.2. The van der Waals surface area contributed by atoms with Gasteiger partial charge in [0.1, 0.15) is 6.10 Å². The molecule has 0 unspecified atom stereocenters. The highest BCUT2D eigenvalue weighted by Gasteiger charge is 2.50. The first kappa shape index (κ1) is 31.8. The fourth-order valence-electron chi connectivity index (χ4n) is 6.95. The molecular formula is C34H41N5O6S. The Labute approximate surface area is 270 Å². The lowest BCUT2D eigenvalue weighted by atomic mass is 9.60. The predicted octanol–water partition coefficient (Wildman–Crippen LogP) is 5.57. The Morgan fingerprint density at radius 1 is 1.04 bits per heavy atom. The zero-order valence-corrected chi connectivity index (χ0v) is 27.8. The second-order valence-electron chi connectivity index (χ2n) is 13.2. The molecule has 12 heteroatoms. The number of fused-ring (bicyclic) bond motifs is 4. The summed E-state index contributed by atoms with van der Waals surface area (Å²) in [5, 5.41) is 0. The Kier molecular flexibility index (Phi) is 8.43. The molecule has 2 amide bonds. The molecule has 0 radical (unpaired) electrons. The summed E-state index contributed by atoms with van der Waals surface area (Å²) in [5.41, 5.74) is 3.69. The molecule has 1 spiro atoms. The van der Waals surface area contributed by atoms with Gasteiger partial charge in [0.2, 0.25) is 11.8 Å². The Morgan fingerprint density at radius 3 is 2.39 bits per heavy atom. The second kappa shape index (κ2) is 12.2. The number of rotatable bonds is 3. The quantitative estimate of drug-likeness (QED) is 0.390. The van der Waals surface area contributed by atoms with Crippen molar-refractivity contribution < 1.29 is 27.5 Å². The standard InChI is InChI=1S/C34H41N5O6S/c1-21(2)44-33(41)38-14-12-34(13-15-38)18-26(19-34)39-20-24(5)45-29-17-28(30-22(3)8-6-9-23(30)4)35-32(36-29)37-46(42,43)27-11-7-10-25(16-27)31(39)40/h6-11,16-17,21,24,26H,12-15,18-20H2,1-5H3,(H,35,36,37)/t24-/m1/s1. The minimum atomic E-state index is -4.13. The van der Waals surface area contributed by atoms with Crippen molar-refractivity contribution in [2.45, 2.75) is 83.4 Å². The maximum absolute atomic E-state index is 14.1. The van der Waals surface area contributed by atoms with Gasteiger partial charge >= 0.3 is 6.09 Å². The van der Waals surface area contributed by atoms with Crippen molar-refractivity contribution in [2.75, 3.05) is 24.4 Å². The predicted molar refractivity (Wildman–Crippen MR) is 173 cm³/mol. The molecule has 6 rings (SSSR count). The summed E-state index contributed by atoms with van der Waals surface area (Å²) in [7, 11) is -4.13. The van der Waals surface area contributed by atoms with Crippen LogP contribution in [0.4, 0.5) is 10.7 Å². The average molecular weight is 648 g/mol. The maximum Gasteiger partial charge on any atom is 0.410 e. The molecule has 2 aliphatic heterocycles. The molecule has 1 N–H and O–H groups in total. The lowest BCUT2D eigenvalue weighted by Gasteiger charge is -2.55. The largest absolute Gasteiger partial charge is 0.473 e. The van der Waals surface area contributed by atoms with Crippen LogP contribution >= 0.6 is 0 Å². The van der Waals surface area contributed by atoms with Crippen LogP contribution < -0.4 is 9.46 Å². The van der Waals surface area contributed by atoms with E-state index in [0.29, 0.717) is 18.8 Å². The number of nitrogens with one attached hydrogen (secondary N) is 1. The van der Waals surface area contributed by atoms with Gasteiger partial charge in [0.15, 0.2) is 0 Å². The van der Waals surface area contributed by atoms with Crippen LogP contribution in [-0.2, 0) is 14.8 Å². The van der Waals surface area contributed by atoms with Crippen LogP contribution in [0, 0.1) is 19.3 Å². The van der Waals surface area contributed by atoms with E-state index in [1.54, 1.807) is 23.1 Å². The van der Waals surface area contributed by atoms with Crippen LogP contribution in [0.1, 0.15) is 67.9 Å². The van der Waals surface area contributed by atoms with Crippen molar-refractivity contribution >= 4 is 28.0 Å². The highest BCUT2D eigenvalue weighted by Crippen LogP contribution is 2.51. The van der Waals surface area contributed by atoms with Gasteiger partial charge in [-0.1, -0.05) is 24.3 Å². The van der Waals surface area contributed by atoms with E-state index in [9.17, 15) is 18.0 Å². The number of amides is 2. The molecule has 3 heterocycles. The van der Waals surface area contributed by atoms with E-state index in [0.717, 1.165) is 42.4 Å². The van der Waals surface area contributed by atoms with Gasteiger partial charge in [0.05, 0.1) is 23.2 Å². The average Bonchev–Trinajstić information content (AvgIpc) is 2.97. The van der Waals surface area contributed by atoms with Crippen molar-refractivity contribution in [3.63, 3.8) is 0 Å². The second-order valence-corrected chi connectivity index (χ2v) is 14.9. The number of hydrogen-bond donors (Lipinski definition) is 1. The third-order valence-corrected chi connectivity index (χ3v) is 10.6. The van der Waals surface area contributed by atoms with Crippen LogP contribution in [0.15, 0.2) is 53.4 Å². The van der Waals surface area contributed by atoms with E-state index in [4.69, 9.17) is 9.47 Å². The zero-order valence-electron chi connectivity index (χ0n) is 26.9. The zero-order chi connectivity index (χ0) is 32.8. The third kappa shape index (κ3) is 6.40. The van der Waals surface area contributed by atoms with E-state index in [2.05, 4.69) is 14.7 Å². The fraction of sp³-hybridized carbons (Fsp3) is 0.471. The summed E-state index contributed by atoms with van der Waals surface area (Å²) < 4.78 is 41.3. The van der Waals surface area contributed by atoms with E-state index in [-0.39, 0.29) is 58.4 Å². The number of sulfonamides is 1. The molecule has 1 saturated heterocycles. The first-order chi connectivity index (χ1) is 21.8. The third-order valence-electron chi connectivity index (χ3n) is 9.29.